The first-order valence-electron chi connectivity index (χ1n) is 6.71. The molecule has 0 heterocycles. The fourth-order valence-electron chi connectivity index (χ4n) is 2.54. The van der Waals surface area contributed by atoms with Gasteiger partial charge in [-0.25, -0.2) is 0 Å². The molecule has 21 heavy (non-hydrogen) atoms. The van der Waals surface area contributed by atoms with Crippen molar-refractivity contribution < 1.29 is 21.9 Å². The molecule has 0 spiro atoms. The molecule has 0 unspecified atom stereocenters. The second kappa shape index (κ2) is 6.88. The molecular formula is C18H16CuOSi. The summed E-state index contributed by atoms with van der Waals surface area (Å²) in [5, 5.41) is 3.03. The van der Waals surface area contributed by atoms with E-state index in [4.69, 9.17) is 0 Å². The van der Waals surface area contributed by atoms with Crippen LogP contribution in [-0.4, -0.2) is 13.1 Å². The summed E-state index contributed by atoms with van der Waals surface area (Å²) in [5.74, 6) is 0. The zero-order valence-electron chi connectivity index (χ0n) is 11.4. The van der Waals surface area contributed by atoms with Crippen LogP contribution in [0.4, 0.5) is 0 Å². The summed E-state index contributed by atoms with van der Waals surface area (Å²) in [6, 6.07) is 30.0. The molecular weight excluding hydrogens is 324 g/mol. The fourth-order valence-corrected chi connectivity index (χ4v) is 5.56. The molecule has 0 fully saturated rings. The quantitative estimate of drug-likeness (QED) is 0.568. The van der Waals surface area contributed by atoms with Gasteiger partial charge in [-0.3, -0.25) is 0 Å². The zero-order chi connectivity index (χ0) is 13.8. The Labute approximate surface area is 136 Å². The molecule has 0 aliphatic heterocycles. The van der Waals surface area contributed by atoms with Gasteiger partial charge in [0, 0.05) is 17.1 Å². The molecule has 0 aliphatic rings. The summed E-state index contributed by atoms with van der Waals surface area (Å²) in [6.07, 6.45) is 0. The van der Waals surface area contributed by atoms with Crippen LogP contribution in [0.5, 0.6) is 0 Å². The molecule has 0 saturated carbocycles. The van der Waals surface area contributed by atoms with Gasteiger partial charge in [-0.1, -0.05) is 91.0 Å². The first kappa shape index (κ1) is 15.7. The number of rotatable bonds is 3. The van der Waals surface area contributed by atoms with Crippen molar-refractivity contribution >= 4 is 23.9 Å². The van der Waals surface area contributed by atoms with Gasteiger partial charge in [0.25, 0.3) is 8.32 Å². The normalized spacial score (nSPS) is 10.7. The predicted octanol–water partition coefficient (Wildman–Crippen LogP) is 1.64. The van der Waals surface area contributed by atoms with Crippen molar-refractivity contribution in [1.29, 1.82) is 0 Å². The first-order chi connectivity index (χ1) is 9.82. The standard InChI is InChI=1S/C18H16OSi.Cu/c19-20(16-10-4-1-5-11-16,17-12-6-2-7-13-17)18-14-8-3-9-15-18;/h1-15,19H;. The molecule has 3 rings (SSSR count). The number of benzene rings is 3. The van der Waals surface area contributed by atoms with Gasteiger partial charge in [0.1, 0.15) is 0 Å². The van der Waals surface area contributed by atoms with Gasteiger partial charge in [0.2, 0.25) is 0 Å². The zero-order valence-corrected chi connectivity index (χ0v) is 13.4. The summed E-state index contributed by atoms with van der Waals surface area (Å²) in [6.45, 7) is 0. The van der Waals surface area contributed by atoms with Gasteiger partial charge < -0.3 is 4.80 Å². The Kier molecular flexibility index (Phi) is 5.15. The third kappa shape index (κ3) is 3.02. The molecule has 109 valence electrons. The number of hydrogen-bond donors (Lipinski definition) is 1. The summed E-state index contributed by atoms with van der Waals surface area (Å²) in [4.78, 5) is 11.6. The summed E-state index contributed by atoms with van der Waals surface area (Å²) in [7, 11) is -2.88. The van der Waals surface area contributed by atoms with Crippen LogP contribution in [0.2, 0.25) is 0 Å². The van der Waals surface area contributed by atoms with Gasteiger partial charge in [0.05, 0.1) is 0 Å². The third-order valence-electron chi connectivity index (χ3n) is 3.57. The van der Waals surface area contributed by atoms with Gasteiger partial charge in [0.15, 0.2) is 0 Å². The monoisotopic (exact) mass is 339 g/mol. The van der Waals surface area contributed by atoms with Crippen LogP contribution in [0, 0.1) is 0 Å². The maximum atomic E-state index is 11.6. The largest absolute Gasteiger partial charge is 0.421 e. The molecule has 1 nitrogen and oxygen atoms in total. The maximum Gasteiger partial charge on any atom is 0.285 e. The third-order valence-corrected chi connectivity index (χ3v) is 7.08. The van der Waals surface area contributed by atoms with E-state index in [-0.39, 0.29) is 17.1 Å². The van der Waals surface area contributed by atoms with Gasteiger partial charge in [-0.15, -0.1) is 0 Å². The van der Waals surface area contributed by atoms with Crippen molar-refractivity contribution in [2.45, 2.75) is 0 Å². The van der Waals surface area contributed by atoms with Gasteiger partial charge in [-0.05, 0) is 15.6 Å². The SMILES string of the molecule is O[Si](c1ccccc1)(c1ccccc1)c1ccccc1.[Cu]. The molecule has 1 N–H and O–H groups in total. The van der Waals surface area contributed by atoms with Crippen LogP contribution in [0.15, 0.2) is 91.0 Å². The minimum Gasteiger partial charge on any atom is -0.421 e. The van der Waals surface area contributed by atoms with E-state index in [2.05, 4.69) is 0 Å². The van der Waals surface area contributed by atoms with Crippen molar-refractivity contribution in [3.63, 3.8) is 0 Å². The predicted molar refractivity (Wildman–Crippen MR) is 86.2 cm³/mol. The van der Waals surface area contributed by atoms with Gasteiger partial charge in [-0.2, -0.15) is 0 Å². The van der Waals surface area contributed by atoms with Crippen LogP contribution < -0.4 is 15.6 Å². The molecule has 0 atom stereocenters. The fraction of sp³-hybridized carbons (Fsp3) is 0. The molecule has 0 amide bonds. The van der Waals surface area contributed by atoms with Crippen LogP contribution in [0.3, 0.4) is 0 Å². The second-order valence-electron chi connectivity index (χ2n) is 4.81. The van der Waals surface area contributed by atoms with E-state index in [0.29, 0.717) is 0 Å². The van der Waals surface area contributed by atoms with Crippen LogP contribution in [0.1, 0.15) is 0 Å². The molecule has 1 radical (unpaired) electrons. The number of hydrogen-bond acceptors (Lipinski definition) is 1. The van der Waals surface area contributed by atoms with E-state index in [1.165, 1.54) is 0 Å². The average Bonchev–Trinajstić information content (AvgIpc) is 2.56. The van der Waals surface area contributed by atoms with Crippen molar-refractivity contribution in [3.8, 4) is 0 Å². The van der Waals surface area contributed by atoms with Crippen molar-refractivity contribution in [3.05, 3.63) is 91.0 Å². The molecule has 0 aliphatic carbocycles. The van der Waals surface area contributed by atoms with Crippen LogP contribution in [0.25, 0.3) is 0 Å². The topological polar surface area (TPSA) is 20.2 Å². The molecule has 0 aromatic heterocycles. The molecule has 0 bridgehead atoms. The molecule has 3 aromatic rings. The van der Waals surface area contributed by atoms with Crippen LogP contribution >= 0.6 is 0 Å². The Morgan fingerprint density at radius 3 is 0.952 bits per heavy atom. The Bertz CT molecular complexity index is 575. The molecule has 3 heteroatoms. The Morgan fingerprint density at radius 2 is 0.714 bits per heavy atom. The smallest absolute Gasteiger partial charge is 0.285 e. The summed E-state index contributed by atoms with van der Waals surface area (Å²) in [5.41, 5.74) is 0. The van der Waals surface area contributed by atoms with Crippen molar-refractivity contribution in [1.82, 2.24) is 0 Å². The van der Waals surface area contributed by atoms with E-state index < -0.39 is 8.32 Å². The second-order valence-corrected chi connectivity index (χ2v) is 7.96. The van der Waals surface area contributed by atoms with E-state index in [9.17, 15) is 4.80 Å². The Morgan fingerprint density at radius 1 is 0.476 bits per heavy atom. The molecule has 3 aromatic carbocycles. The van der Waals surface area contributed by atoms with E-state index in [0.717, 1.165) is 15.6 Å². The molecule has 0 saturated heterocycles. The Balaban J connectivity index is 0.00000161. The summed E-state index contributed by atoms with van der Waals surface area (Å²) < 4.78 is 0. The van der Waals surface area contributed by atoms with Crippen molar-refractivity contribution in [2.24, 2.45) is 0 Å². The summed E-state index contributed by atoms with van der Waals surface area (Å²) >= 11 is 0. The van der Waals surface area contributed by atoms with Crippen molar-refractivity contribution in [2.75, 3.05) is 0 Å². The maximum absolute atomic E-state index is 11.6. The van der Waals surface area contributed by atoms with E-state index >= 15 is 0 Å². The van der Waals surface area contributed by atoms with Gasteiger partial charge >= 0.3 is 0 Å². The first-order valence-corrected chi connectivity index (χ1v) is 8.65. The van der Waals surface area contributed by atoms with E-state index in [1.54, 1.807) is 0 Å². The van der Waals surface area contributed by atoms with Crippen LogP contribution in [-0.2, 0) is 17.1 Å². The minimum absolute atomic E-state index is 0. The minimum atomic E-state index is -2.88. The average molecular weight is 340 g/mol. The Hall–Kier alpha value is -1.64. The van der Waals surface area contributed by atoms with E-state index in [1.807, 2.05) is 91.0 Å².